The highest BCUT2D eigenvalue weighted by molar-refractivity contribution is 5.75. The molecule has 0 aliphatic carbocycles. The van der Waals surface area contributed by atoms with Gasteiger partial charge in [-0.3, -0.25) is 0 Å². The highest BCUT2D eigenvalue weighted by Gasteiger charge is 2.29. The third-order valence-corrected chi connectivity index (χ3v) is 3.28. The van der Waals surface area contributed by atoms with E-state index in [0.717, 1.165) is 39.1 Å². The normalized spacial score (nSPS) is 28.7. The van der Waals surface area contributed by atoms with Gasteiger partial charge in [-0.2, -0.15) is 0 Å². The molecule has 2 aliphatic heterocycles. The summed E-state index contributed by atoms with van der Waals surface area (Å²) in [6.07, 6.45) is 2.66. The lowest BCUT2D eigenvalue weighted by Crippen LogP contribution is -2.54. The van der Waals surface area contributed by atoms with Crippen molar-refractivity contribution in [2.45, 2.75) is 37.8 Å². The minimum Gasteiger partial charge on any atom is -0.381 e. The van der Waals surface area contributed by atoms with Crippen molar-refractivity contribution in [2.24, 2.45) is 0 Å². The van der Waals surface area contributed by atoms with Gasteiger partial charge in [-0.25, -0.2) is 4.79 Å². The Balaban J connectivity index is 1.76. The van der Waals surface area contributed by atoms with Crippen molar-refractivity contribution in [3.63, 3.8) is 0 Å². The van der Waals surface area contributed by atoms with Crippen LogP contribution in [-0.2, 0) is 9.47 Å². The van der Waals surface area contributed by atoms with Gasteiger partial charge < -0.3 is 20.1 Å². The van der Waals surface area contributed by atoms with Crippen LogP contribution in [0.25, 0.3) is 0 Å². The van der Waals surface area contributed by atoms with Gasteiger partial charge in [0, 0.05) is 25.4 Å². The maximum absolute atomic E-state index is 11.8. The SMILES string of the molecule is CC1(NC(=O)NC2CCOC2)CCOCC1. The molecule has 2 saturated heterocycles. The fourth-order valence-electron chi connectivity index (χ4n) is 2.09. The van der Waals surface area contributed by atoms with Crippen molar-refractivity contribution in [3.8, 4) is 0 Å². The van der Waals surface area contributed by atoms with Gasteiger partial charge in [0.15, 0.2) is 0 Å². The summed E-state index contributed by atoms with van der Waals surface area (Å²) in [6.45, 7) is 4.90. The molecule has 0 aromatic rings. The highest BCUT2D eigenvalue weighted by atomic mass is 16.5. The quantitative estimate of drug-likeness (QED) is 0.729. The van der Waals surface area contributed by atoms with Crippen molar-refractivity contribution < 1.29 is 14.3 Å². The summed E-state index contributed by atoms with van der Waals surface area (Å²) in [5, 5.41) is 5.97. The Morgan fingerprint density at radius 1 is 1.25 bits per heavy atom. The fraction of sp³-hybridized carbons (Fsp3) is 0.909. The number of hydrogen-bond donors (Lipinski definition) is 2. The molecule has 0 bridgehead atoms. The Morgan fingerprint density at radius 2 is 2.00 bits per heavy atom. The number of urea groups is 1. The van der Waals surface area contributed by atoms with Crippen LogP contribution in [0.3, 0.4) is 0 Å². The summed E-state index contributed by atoms with van der Waals surface area (Å²) >= 11 is 0. The average molecular weight is 228 g/mol. The van der Waals surface area contributed by atoms with E-state index in [1.54, 1.807) is 0 Å². The van der Waals surface area contributed by atoms with Gasteiger partial charge in [-0.05, 0) is 26.2 Å². The molecule has 2 heterocycles. The van der Waals surface area contributed by atoms with Crippen LogP contribution in [0.1, 0.15) is 26.2 Å². The maximum Gasteiger partial charge on any atom is 0.315 e. The molecule has 0 saturated carbocycles. The zero-order valence-corrected chi connectivity index (χ0v) is 9.75. The zero-order valence-electron chi connectivity index (χ0n) is 9.75. The molecule has 5 heteroatoms. The molecule has 92 valence electrons. The van der Waals surface area contributed by atoms with E-state index in [0.29, 0.717) is 6.61 Å². The lowest BCUT2D eigenvalue weighted by atomic mass is 9.93. The van der Waals surface area contributed by atoms with E-state index < -0.39 is 0 Å². The lowest BCUT2D eigenvalue weighted by Gasteiger charge is -2.34. The molecular formula is C11H20N2O3. The average Bonchev–Trinajstić information content (AvgIpc) is 2.70. The molecule has 2 rings (SSSR count). The fourth-order valence-corrected chi connectivity index (χ4v) is 2.09. The summed E-state index contributed by atoms with van der Waals surface area (Å²) in [4.78, 5) is 11.8. The molecule has 2 fully saturated rings. The van der Waals surface area contributed by atoms with Crippen LogP contribution in [-0.4, -0.2) is 44.0 Å². The molecule has 2 amide bonds. The summed E-state index contributed by atoms with van der Waals surface area (Å²) in [7, 11) is 0. The Morgan fingerprint density at radius 3 is 2.62 bits per heavy atom. The molecule has 1 atom stereocenters. The van der Waals surface area contributed by atoms with Gasteiger partial charge in [0.1, 0.15) is 0 Å². The molecule has 5 nitrogen and oxygen atoms in total. The van der Waals surface area contributed by atoms with Crippen molar-refractivity contribution >= 4 is 6.03 Å². The first-order valence-corrected chi connectivity index (χ1v) is 5.92. The maximum atomic E-state index is 11.8. The van der Waals surface area contributed by atoms with Crippen molar-refractivity contribution in [2.75, 3.05) is 26.4 Å². The largest absolute Gasteiger partial charge is 0.381 e. The molecule has 0 spiro atoms. The monoisotopic (exact) mass is 228 g/mol. The van der Waals surface area contributed by atoms with E-state index in [1.165, 1.54) is 0 Å². The predicted molar refractivity (Wildman–Crippen MR) is 59.3 cm³/mol. The van der Waals surface area contributed by atoms with Crippen molar-refractivity contribution in [3.05, 3.63) is 0 Å². The molecule has 0 aromatic carbocycles. The zero-order chi connectivity index (χ0) is 11.4. The first-order chi connectivity index (χ1) is 7.68. The molecule has 16 heavy (non-hydrogen) atoms. The number of nitrogens with one attached hydrogen (secondary N) is 2. The Kier molecular flexibility index (Phi) is 3.66. The number of amides is 2. The number of carbonyl (C=O) groups is 1. The summed E-state index contributed by atoms with van der Waals surface area (Å²) in [6, 6.07) is 0.0864. The number of hydrogen-bond acceptors (Lipinski definition) is 3. The molecule has 0 radical (unpaired) electrons. The van der Waals surface area contributed by atoms with E-state index in [1.807, 2.05) is 0 Å². The van der Waals surface area contributed by atoms with Gasteiger partial charge in [0.25, 0.3) is 0 Å². The van der Waals surface area contributed by atoms with Crippen molar-refractivity contribution in [1.82, 2.24) is 10.6 Å². The number of rotatable bonds is 2. The molecule has 0 aromatic heterocycles. The first-order valence-electron chi connectivity index (χ1n) is 5.92. The Bertz CT molecular complexity index is 246. The highest BCUT2D eigenvalue weighted by Crippen LogP contribution is 2.19. The third kappa shape index (κ3) is 3.09. The van der Waals surface area contributed by atoms with Crippen LogP contribution < -0.4 is 10.6 Å². The Hall–Kier alpha value is -0.810. The van der Waals surface area contributed by atoms with Crippen LogP contribution in [0.5, 0.6) is 0 Å². The second-order valence-corrected chi connectivity index (χ2v) is 4.83. The number of carbonyl (C=O) groups excluding carboxylic acids is 1. The van der Waals surface area contributed by atoms with Crippen LogP contribution in [0.15, 0.2) is 0 Å². The minimum atomic E-state index is -0.123. The predicted octanol–water partition coefficient (Wildman–Crippen LogP) is 0.644. The summed E-state index contributed by atoms with van der Waals surface area (Å²) in [5.74, 6) is 0. The van der Waals surface area contributed by atoms with Crippen LogP contribution in [0, 0.1) is 0 Å². The van der Waals surface area contributed by atoms with E-state index in [9.17, 15) is 4.79 Å². The van der Waals surface area contributed by atoms with E-state index in [4.69, 9.17) is 9.47 Å². The first kappa shape index (κ1) is 11.7. The Labute approximate surface area is 95.9 Å². The van der Waals surface area contributed by atoms with E-state index in [2.05, 4.69) is 17.6 Å². The molecule has 2 N–H and O–H groups in total. The van der Waals surface area contributed by atoms with Crippen LogP contribution in [0.2, 0.25) is 0 Å². The number of ether oxygens (including phenoxy) is 2. The summed E-state index contributed by atoms with van der Waals surface area (Å²) < 4.78 is 10.5. The van der Waals surface area contributed by atoms with Crippen molar-refractivity contribution in [1.29, 1.82) is 0 Å². The molecule has 2 aliphatic rings. The van der Waals surface area contributed by atoms with E-state index in [-0.39, 0.29) is 17.6 Å². The second-order valence-electron chi connectivity index (χ2n) is 4.83. The van der Waals surface area contributed by atoms with Gasteiger partial charge in [0.05, 0.1) is 12.6 Å². The molecule has 1 unspecified atom stereocenters. The van der Waals surface area contributed by atoms with Gasteiger partial charge >= 0.3 is 6.03 Å². The minimum absolute atomic E-state index is 0.0834. The molecular weight excluding hydrogens is 208 g/mol. The van der Waals surface area contributed by atoms with E-state index >= 15 is 0 Å². The lowest BCUT2D eigenvalue weighted by molar-refractivity contribution is 0.0490. The smallest absolute Gasteiger partial charge is 0.315 e. The van der Waals surface area contributed by atoms with Crippen LogP contribution >= 0.6 is 0 Å². The standard InChI is InChI=1S/C11H20N2O3/c1-11(3-6-15-7-4-11)13-10(14)12-9-2-5-16-8-9/h9H,2-8H2,1H3,(H2,12,13,14). The topological polar surface area (TPSA) is 59.6 Å². The van der Waals surface area contributed by atoms with Gasteiger partial charge in [-0.15, -0.1) is 0 Å². The third-order valence-electron chi connectivity index (χ3n) is 3.28. The second kappa shape index (κ2) is 5.01. The van der Waals surface area contributed by atoms with Gasteiger partial charge in [-0.1, -0.05) is 0 Å². The summed E-state index contributed by atoms with van der Waals surface area (Å²) in [5.41, 5.74) is -0.123. The van der Waals surface area contributed by atoms with Gasteiger partial charge in [0.2, 0.25) is 0 Å². The van der Waals surface area contributed by atoms with Crippen LogP contribution in [0.4, 0.5) is 4.79 Å².